The van der Waals surface area contributed by atoms with Crippen LogP contribution in [0.1, 0.15) is 5.56 Å². The zero-order valence-electron chi connectivity index (χ0n) is 14.5. The number of hydrogen-bond acceptors (Lipinski definition) is 0. The first-order valence-corrected chi connectivity index (χ1v) is 9.32. The molecule has 0 atom stereocenters. The Balaban J connectivity index is 1.93. The molecule has 124 valence electrons. The van der Waals surface area contributed by atoms with Crippen LogP contribution in [-0.2, 0) is 0 Å². The highest BCUT2D eigenvalue weighted by atomic mass is 79.9. The molecule has 4 aromatic rings. The maximum Gasteiger partial charge on any atom is 0.113 e. The second kappa shape index (κ2) is 7.01. The lowest BCUT2D eigenvalue weighted by Gasteiger charge is -2.15. The molecule has 0 bridgehead atoms. The molecule has 0 spiro atoms. The molecule has 0 aliphatic carbocycles. The highest BCUT2D eigenvalue weighted by Gasteiger charge is 2.13. The minimum absolute atomic E-state index is 0.773. The molecule has 0 saturated carbocycles. The van der Waals surface area contributed by atoms with Gasteiger partial charge in [-0.2, -0.15) is 0 Å². The summed E-state index contributed by atoms with van der Waals surface area (Å²) in [6.45, 7) is 2.11. The quantitative estimate of drug-likeness (QED) is 0.392. The molecule has 0 aliphatic rings. The third kappa shape index (κ3) is 3.27. The van der Waals surface area contributed by atoms with Gasteiger partial charge in [-0.1, -0.05) is 75.5 Å². The average molecular weight is 398 g/mol. The highest BCUT2D eigenvalue weighted by molar-refractivity contribution is 9.10. The lowest BCUT2D eigenvalue weighted by Crippen LogP contribution is -2.02. The Morgan fingerprint density at radius 2 is 1.15 bits per heavy atom. The molecule has 0 amide bonds. The third-order valence-electron chi connectivity index (χ3n) is 4.52. The first-order chi connectivity index (χ1) is 12.6. The van der Waals surface area contributed by atoms with E-state index in [0.29, 0.717) is 0 Å². The molecule has 0 saturated heterocycles. The van der Waals surface area contributed by atoms with Crippen molar-refractivity contribution in [3.05, 3.63) is 95.0 Å². The van der Waals surface area contributed by atoms with E-state index in [0.717, 1.165) is 32.6 Å². The molecule has 1 nitrogen and oxygen atoms in total. The zero-order valence-corrected chi connectivity index (χ0v) is 16.1. The molecule has 2 radical (unpaired) electrons. The van der Waals surface area contributed by atoms with Crippen molar-refractivity contribution in [1.29, 1.82) is 0 Å². The summed E-state index contributed by atoms with van der Waals surface area (Å²) in [4.78, 5) is 0. The van der Waals surface area contributed by atoms with Crippen LogP contribution >= 0.6 is 15.9 Å². The van der Waals surface area contributed by atoms with Gasteiger partial charge in [-0.05, 0) is 54.4 Å². The van der Waals surface area contributed by atoms with Gasteiger partial charge in [-0.15, -0.1) is 0 Å². The number of hydrogen-bond donors (Lipinski definition) is 0. The number of aryl methyl sites for hydroxylation is 1. The minimum atomic E-state index is 0.773. The van der Waals surface area contributed by atoms with E-state index < -0.39 is 0 Å². The largest absolute Gasteiger partial charge is 0.309 e. The van der Waals surface area contributed by atoms with Gasteiger partial charge in [0.2, 0.25) is 0 Å². The molecule has 0 unspecified atom stereocenters. The highest BCUT2D eigenvalue weighted by Crippen LogP contribution is 2.32. The molecular weight excluding hydrogens is 381 g/mol. The van der Waals surface area contributed by atoms with Gasteiger partial charge in [0.15, 0.2) is 0 Å². The zero-order chi connectivity index (χ0) is 18.1. The van der Waals surface area contributed by atoms with E-state index in [1.807, 2.05) is 12.1 Å². The van der Waals surface area contributed by atoms with Gasteiger partial charge in [-0.25, -0.2) is 0 Å². The molecule has 26 heavy (non-hydrogen) atoms. The van der Waals surface area contributed by atoms with Crippen molar-refractivity contribution in [3.8, 4) is 28.2 Å². The Kier molecular flexibility index (Phi) is 4.56. The van der Waals surface area contributed by atoms with Gasteiger partial charge in [0.25, 0.3) is 0 Å². The van der Waals surface area contributed by atoms with E-state index in [2.05, 4.69) is 100 Å². The number of halogens is 1. The smallest absolute Gasteiger partial charge is 0.113 e. The summed E-state index contributed by atoms with van der Waals surface area (Å²) in [6, 6.07) is 29.4. The summed E-state index contributed by atoms with van der Waals surface area (Å²) in [5.74, 6) is 0. The Morgan fingerprint density at radius 1 is 0.654 bits per heavy atom. The van der Waals surface area contributed by atoms with E-state index >= 15 is 0 Å². The number of rotatable bonds is 3. The molecule has 0 fully saturated rings. The van der Waals surface area contributed by atoms with Crippen molar-refractivity contribution >= 4 is 29.2 Å². The molecule has 3 heteroatoms. The standard InChI is InChI=1S/C23H17BBrN/c1-16-2-12-21(13-3-16)26-22(17-4-8-19(24)9-5-17)14-15-23(26)18-6-10-20(25)11-7-18/h2-15H,1H3. The van der Waals surface area contributed by atoms with Gasteiger partial charge in [0, 0.05) is 10.2 Å². The fourth-order valence-electron chi connectivity index (χ4n) is 3.13. The van der Waals surface area contributed by atoms with E-state index in [1.54, 1.807) is 0 Å². The molecule has 1 heterocycles. The van der Waals surface area contributed by atoms with Crippen molar-refractivity contribution < 1.29 is 0 Å². The first kappa shape index (κ1) is 16.9. The number of benzene rings is 3. The molecule has 0 N–H and O–H groups in total. The van der Waals surface area contributed by atoms with Gasteiger partial charge in [0.05, 0.1) is 11.4 Å². The Hall–Kier alpha value is -2.52. The fourth-order valence-corrected chi connectivity index (χ4v) is 3.40. The Labute approximate surface area is 163 Å². The molecule has 0 aliphatic heterocycles. The SMILES string of the molecule is [B]c1ccc(-c2ccc(-c3ccc(Br)cc3)n2-c2ccc(C)cc2)cc1. The van der Waals surface area contributed by atoms with Gasteiger partial charge >= 0.3 is 0 Å². The Morgan fingerprint density at radius 3 is 1.69 bits per heavy atom. The fraction of sp³-hybridized carbons (Fsp3) is 0.0435. The topological polar surface area (TPSA) is 4.93 Å². The second-order valence-electron chi connectivity index (χ2n) is 6.40. The van der Waals surface area contributed by atoms with Gasteiger partial charge in [-0.3, -0.25) is 0 Å². The second-order valence-corrected chi connectivity index (χ2v) is 7.32. The maximum atomic E-state index is 5.87. The van der Waals surface area contributed by atoms with Gasteiger partial charge in [0.1, 0.15) is 7.85 Å². The minimum Gasteiger partial charge on any atom is -0.309 e. The number of nitrogens with zero attached hydrogens (tertiary/aromatic N) is 1. The maximum absolute atomic E-state index is 5.87. The van der Waals surface area contributed by atoms with Crippen molar-refractivity contribution in [3.63, 3.8) is 0 Å². The van der Waals surface area contributed by atoms with Crippen molar-refractivity contribution in [2.24, 2.45) is 0 Å². The predicted molar refractivity (Wildman–Crippen MR) is 114 cm³/mol. The Bertz CT molecular complexity index is 966. The summed E-state index contributed by atoms with van der Waals surface area (Å²) in [6.07, 6.45) is 0. The lowest BCUT2D eigenvalue weighted by molar-refractivity contribution is 1.09. The molecular formula is C23H17BBrN. The van der Waals surface area contributed by atoms with E-state index in [-0.39, 0.29) is 0 Å². The van der Waals surface area contributed by atoms with Gasteiger partial charge < -0.3 is 4.57 Å². The van der Waals surface area contributed by atoms with E-state index in [4.69, 9.17) is 7.85 Å². The first-order valence-electron chi connectivity index (χ1n) is 8.52. The normalized spacial score (nSPS) is 10.8. The number of aromatic nitrogens is 1. The van der Waals surface area contributed by atoms with Crippen LogP contribution in [0.25, 0.3) is 28.2 Å². The monoisotopic (exact) mass is 397 g/mol. The summed E-state index contributed by atoms with van der Waals surface area (Å²) in [7, 11) is 5.87. The van der Waals surface area contributed by atoms with Crippen LogP contribution in [0.3, 0.4) is 0 Å². The van der Waals surface area contributed by atoms with Crippen LogP contribution in [0.4, 0.5) is 0 Å². The van der Waals surface area contributed by atoms with Crippen molar-refractivity contribution in [2.75, 3.05) is 0 Å². The van der Waals surface area contributed by atoms with Crippen LogP contribution in [0.15, 0.2) is 89.4 Å². The van der Waals surface area contributed by atoms with Crippen molar-refractivity contribution in [2.45, 2.75) is 6.92 Å². The van der Waals surface area contributed by atoms with Crippen LogP contribution < -0.4 is 5.46 Å². The lowest BCUT2D eigenvalue weighted by atomic mass is 9.95. The molecule has 1 aromatic heterocycles. The van der Waals surface area contributed by atoms with E-state index in [9.17, 15) is 0 Å². The summed E-state index contributed by atoms with van der Waals surface area (Å²) < 4.78 is 3.38. The van der Waals surface area contributed by atoms with Crippen LogP contribution in [0.5, 0.6) is 0 Å². The van der Waals surface area contributed by atoms with Crippen molar-refractivity contribution in [1.82, 2.24) is 4.57 Å². The predicted octanol–water partition coefficient (Wildman–Crippen LogP) is 5.68. The van der Waals surface area contributed by atoms with Crippen LogP contribution in [0.2, 0.25) is 0 Å². The summed E-state index contributed by atoms with van der Waals surface area (Å²) in [5.41, 5.74) is 7.79. The van der Waals surface area contributed by atoms with E-state index in [1.165, 1.54) is 11.1 Å². The van der Waals surface area contributed by atoms with Crippen LogP contribution in [-0.4, -0.2) is 12.4 Å². The molecule has 4 rings (SSSR count). The molecule has 3 aromatic carbocycles. The average Bonchev–Trinajstić information content (AvgIpc) is 3.08. The summed E-state index contributed by atoms with van der Waals surface area (Å²) >= 11 is 3.52. The third-order valence-corrected chi connectivity index (χ3v) is 5.05. The summed E-state index contributed by atoms with van der Waals surface area (Å²) in [5, 5.41) is 0. The van der Waals surface area contributed by atoms with Crippen LogP contribution in [0, 0.1) is 6.92 Å².